The van der Waals surface area contributed by atoms with E-state index >= 15 is 0 Å². The van der Waals surface area contributed by atoms with E-state index in [1.54, 1.807) is 22.3 Å². The number of nitrogen functional groups attached to an aromatic ring is 2. The Morgan fingerprint density at radius 1 is 0.314 bits per heavy atom. The van der Waals surface area contributed by atoms with E-state index in [-0.39, 0.29) is 0 Å². The second-order valence-corrected chi connectivity index (χ2v) is 15.3. The normalized spacial score (nSPS) is 11.3. The molecule has 0 saturated heterocycles. The molecule has 0 fully saturated rings. The Labute approximate surface area is 312 Å². The maximum absolute atomic E-state index is 5.89. The molecule has 4 aromatic rings. The van der Waals surface area contributed by atoms with Crippen molar-refractivity contribution in [3.8, 4) is 0 Å². The summed E-state index contributed by atoms with van der Waals surface area (Å²) in [7, 11) is 0. The Kier molecular flexibility index (Phi) is 18.8. The molecule has 0 heterocycles. The second kappa shape index (κ2) is 23.9. The molecule has 0 aromatic heterocycles. The predicted molar refractivity (Wildman–Crippen MR) is 225 cm³/mol. The van der Waals surface area contributed by atoms with Crippen LogP contribution in [0.25, 0.3) is 0 Å². The third-order valence-electron chi connectivity index (χ3n) is 10.8. The Bertz CT molecular complexity index is 1390. The number of benzene rings is 4. The molecule has 51 heavy (non-hydrogen) atoms. The van der Waals surface area contributed by atoms with Crippen molar-refractivity contribution >= 4 is 11.4 Å². The van der Waals surface area contributed by atoms with E-state index in [0.29, 0.717) is 0 Å². The van der Waals surface area contributed by atoms with E-state index in [4.69, 9.17) is 11.5 Å². The molecule has 4 aromatic carbocycles. The molecule has 0 unspecified atom stereocenters. The lowest BCUT2D eigenvalue weighted by molar-refractivity contribution is 0.536. The predicted octanol–water partition coefficient (Wildman–Crippen LogP) is 13.6. The smallest absolute Gasteiger partial charge is 0.0314 e. The molecule has 2 nitrogen and oxygen atoms in total. The summed E-state index contributed by atoms with van der Waals surface area (Å²) in [6, 6.07) is 31.2. The number of nitrogens with two attached hydrogens (primary N) is 2. The Hall–Kier alpha value is -3.52. The second-order valence-electron chi connectivity index (χ2n) is 15.3. The molecule has 0 radical (unpaired) electrons. The molecule has 0 spiro atoms. The van der Waals surface area contributed by atoms with E-state index in [1.807, 2.05) is 24.3 Å². The average Bonchev–Trinajstić information content (AvgIpc) is 3.14. The van der Waals surface area contributed by atoms with Gasteiger partial charge in [0.2, 0.25) is 0 Å². The molecule has 0 saturated carbocycles. The summed E-state index contributed by atoms with van der Waals surface area (Å²) in [4.78, 5) is 0. The lowest BCUT2D eigenvalue weighted by Gasteiger charge is -2.13. The summed E-state index contributed by atoms with van der Waals surface area (Å²) in [6.07, 6.45) is 30.0. The molecular weight excluding hydrogens is 617 g/mol. The maximum Gasteiger partial charge on any atom is 0.0314 e. The lowest BCUT2D eigenvalue weighted by Crippen LogP contribution is -1.99. The molecule has 4 N–H and O–H groups in total. The number of hydrogen-bond acceptors (Lipinski definition) is 2. The van der Waals surface area contributed by atoms with Crippen LogP contribution in [0.2, 0.25) is 0 Å². The molecule has 0 aliphatic carbocycles. The lowest BCUT2D eigenvalue weighted by atomic mass is 9.93. The molecule has 0 amide bonds. The fraction of sp³-hybridized carbons (Fsp3) is 0.510. The first-order chi connectivity index (χ1) is 25.0. The summed E-state index contributed by atoms with van der Waals surface area (Å²) < 4.78 is 0. The Morgan fingerprint density at radius 2 is 0.608 bits per heavy atom. The van der Waals surface area contributed by atoms with E-state index in [1.165, 1.54) is 157 Å². The van der Waals surface area contributed by atoms with Crippen LogP contribution in [0.5, 0.6) is 0 Å². The highest BCUT2D eigenvalue weighted by Gasteiger charge is 2.08. The fourth-order valence-corrected chi connectivity index (χ4v) is 7.58. The molecule has 2 heteroatoms. The molecule has 276 valence electrons. The van der Waals surface area contributed by atoms with Crippen molar-refractivity contribution in [3.05, 3.63) is 129 Å². The van der Waals surface area contributed by atoms with Crippen LogP contribution in [0.3, 0.4) is 0 Å². The number of anilines is 2. The van der Waals surface area contributed by atoms with Gasteiger partial charge in [-0.25, -0.2) is 0 Å². The van der Waals surface area contributed by atoms with E-state index in [9.17, 15) is 0 Å². The van der Waals surface area contributed by atoms with Crippen LogP contribution in [0.4, 0.5) is 11.4 Å². The molecular formula is C49H70N2. The summed E-state index contributed by atoms with van der Waals surface area (Å²) in [5, 5.41) is 0. The van der Waals surface area contributed by atoms with Gasteiger partial charge < -0.3 is 11.5 Å². The maximum atomic E-state index is 5.89. The summed E-state index contributed by atoms with van der Waals surface area (Å²) in [6.45, 7) is 4.60. The van der Waals surface area contributed by atoms with Gasteiger partial charge in [0.1, 0.15) is 0 Å². The van der Waals surface area contributed by atoms with Gasteiger partial charge in [-0.05, 0) is 133 Å². The van der Waals surface area contributed by atoms with Crippen molar-refractivity contribution in [2.75, 3.05) is 11.5 Å². The van der Waals surface area contributed by atoms with Crippen LogP contribution in [-0.2, 0) is 38.5 Å². The first kappa shape index (κ1) is 40.3. The Balaban J connectivity index is 1.02. The third-order valence-corrected chi connectivity index (χ3v) is 10.8. The zero-order valence-corrected chi connectivity index (χ0v) is 32.5. The van der Waals surface area contributed by atoms with Gasteiger partial charge in [0.25, 0.3) is 0 Å². The topological polar surface area (TPSA) is 52.0 Å². The zero-order valence-electron chi connectivity index (χ0n) is 32.5. The Morgan fingerprint density at radius 3 is 0.941 bits per heavy atom. The van der Waals surface area contributed by atoms with Gasteiger partial charge in [-0.2, -0.15) is 0 Å². The molecule has 0 aliphatic heterocycles. The van der Waals surface area contributed by atoms with Crippen LogP contribution in [0.15, 0.2) is 84.9 Å². The third kappa shape index (κ3) is 15.7. The van der Waals surface area contributed by atoms with Crippen molar-refractivity contribution in [1.29, 1.82) is 0 Å². The largest absolute Gasteiger partial charge is 0.399 e. The van der Waals surface area contributed by atoms with E-state index < -0.39 is 0 Å². The van der Waals surface area contributed by atoms with Crippen molar-refractivity contribution in [1.82, 2.24) is 0 Å². The van der Waals surface area contributed by atoms with Crippen LogP contribution < -0.4 is 11.5 Å². The summed E-state index contributed by atoms with van der Waals surface area (Å²) in [5.74, 6) is 0. The van der Waals surface area contributed by atoms with Crippen molar-refractivity contribution in [2.24, 2.45) is 0 Å². The highest BCUT2D eigenvalue weighted by Crippen LogP contribution is 2.23. The van der Waals surface area contributed by atoms with Gasteiger partial charge in [0.05, 0.1) is 0 Å². The zero-order chi connectivity index (χ0) is 35.9. The molecule has 0 atom stereocenters. The number of rotatable bonds is 26. The summed E-state index contributed by atoms with van der Waals surface area (Å²) >= 11 is 0. The molecule has 0 aliphatic rings. The standard InChI is InChI=1S/C49H70N2/c1-3-5-20-46-38-42(36-40-26-32-48(50)33-27-40)24-30-44(46)22-18-16-14-12-10-8-7-9-11-13-15-17-19-23-45-31-25-43(39-47(45)21-6-4-2)37-41-28-34-49(51)35-29-41/h24-35,38-39H,3-23,36-37,50-51H2,1-2H3. The quantitative estimate of drug-likeness (QED) is 0.0510. The monoisotopic (exact) mass is 687 g/mol. The highest BCUT2D eigenvalue weighted by molar-refractivity contribution is 5.43. The van der Waals surface area contributed by atoms with Crippen LogP contribution in [0.1, 0.15) is 168 Å². The summed E-state index contributed by atoms with van der Waals surface area (Å²) in [5.41, 5.74) is 25.3. The van der Waals surface area contributed by atoms with Gasteiger partial charge in [0.15, 0.2) is 0 Å². The first-order valence-corrected chi connectivity index (χ1v) is 20.9. The van der Waals surface area contributed by atoms with Gasteiger partial charge in [-0.3, -0.25) is 0 Å². The van der Waals surface area contributed by atoms with E-state index in [0.717, 1.165) is 24.2 Å². The van der Waals surface area contributed by atoms with Gasteiger partial charge in [-0.1, -0.05) is 158 Å². The van der Waals surface area contributed by atoms with Gasteiger partial charge >= 0.3 is 0 Å². The van der Waals surface area contributed by atoms with Crippen LogP contribution in [0, 0.1) is 0 Å². The van der Waals surface area contributed by atoms with Crippen molar-refractivity contribution in [3.63, 3.8) is 0 Å². The first-order valence-electron chi connectivity index (χ1n) is 20.9. The minimum atomic E-state index is 0.840. The van der Waals surface area contributed by atoms with Crippen LogP contribution in [-0.4, -0.2) is 0 Å². The number of hydrogen-bond donors (Lipinski definition) is 2. The average molecular weight is 687 g/mol. The van der Waals surface area contributed by atoms with Crippen molar-refractivity contribution < 1.29 is 0 Å². The van der Waals surface area contributed by atoms with Gasteiger partial charge in [0, 0.05) is 11.4 Å². The highest BCUT2D eigenvalue weighted by atomic mass is 14.5. The number of unbranched alkanes of at least 4 members (excludes halogenated alkanes) is 14. The van der Waals surface area contributed by atoms with Gasteiger partial charge in [-0.15, -0.1) is 0 Å². The molecule has 4 rings (SSSR count). The molecule has 0 bridgehead atoms. The fourth-order valence-electron chi connectivity index (χ4n) is 7.58. The SMILES string of the molecule is CCCCc1cc(Cc2ccc(N)cc2)ccc1CCCCCCCCCCCCCCCc1ccc(Cc2ccc(N)cc2)cc1CCCC. The number of aryl methyl sites for hydroxylation is 4. The minimum Gasteiger partial charge on any atom is -0.399 e. The van der Waals surface area contributed by atoms with Crippen LogP contribution >= 0.6 is 0 Å². The minimum absolute atomic E-state index is 0.840. The van der Waals surface area contributed by atoms with Crippen molar-refractivity contribution in [2.45, 2.75) is 162 Å². The van der Waals surface area contributed by atoms with E-state index in [2.05, 4.69) is 74.5 Å².